The molecule has 1 saturated carbocycles. The van der Waals surface area contributed by atoms with Crippen molar-refractivity contribution in [1.29, 1.82) is 0 Å². The lowest BCUT2D eigenvalue weighted by molar-refractivity contribution is -0.116. The van der Waals surface area contributed by atoms with Gasteiger partial charge in [0.05, 0.1) is 7.11 Å². The van der Waals surface area contributed by atoms with E-state index in [-0.39, 0.29) is 30.0 Å². The lowest BCUT2D eigenvalue weighted by Gasteiger charge is -2.32. The number of anilines is 1. The molecule has 5 nitrogen and oxygen atoms in total. The maximum absolute atomic E-state index is 12.2. The Hall–Kier alpha value is -1.59. The fraction of sp³-hybridized carbons (Fsp3) is 0.611. The van der Waals surface area contributed by atoms with Crippen LogP contribution < -0.4 is 15.4 Å². The predicted molar refractivity (Wildman–Crippen MR) is 91.7 cm³/mol. The van der Waals surface area contributed by atoms with Crippen LogP contribution in [0.3, 0.4) is 0 Å². The van der Waals surface area contributed by atoms with Crippen molar-refractivity contribution in [3.63, 3.8) is 0 Å². The molecule has 0 radical (unpaired) electrons. The number of amides is 1. The first kappa shape index (κ1) is 17.8. The number of carbonyl (C=O) groups is 1. The Morgan fingerprint density at radius 2 is 2.30 bits per heavy atom. The molecule has 0 saturated heterocycles. The van der Waals surface area contributed by atoms with E-state index in [1.165, 1.54) is 0 Å². The summed E-state index contributed by atoms with van der Waals surface area (Å²) >= 11 is 0. The largest absolute Gasteiger partial charge is 0.497 e. The molecule has 1 aromatic carbocycles. The van der Waals surface area contributed by atoms with Gasteiger partial charge in [-0.15, -0.1) is 0 Å². The van der Waals surface area contributed by atoms with E-state index in [2.05, 4.69) is 17.6 Å². The lowest BCUT2D eigenvalue weighted by Crippen LogP contribution is -2.46. The van der Waals surface area contributed by atoms with Crippen molar-refractivity contribution in [3.05, 3.63) is 24.3 Å². The maximum Gasteiger partial charge on any atom is 0.225 e. The smallest absolute Gasteiger partial charge is 0.225 e. The molecule has 1 fully saturated rings. The van der Waals surface area contributed by atoms with E-state index in [9.17, 15) is 9.90 Å². The van der Waals surface area contributed by atoms with Crippen molar-refractivity contribution in [2.24, 2.45) is 5.41 Å². The molecule has 0 aromatic heterocycles. The van der Waals surface area contributed by atoms with Crippen molar-refractivity contribution in [2.45, 2.75) is 51.6 Å². The van der Waals surface area contributed by atoms with Crippen LogP contribution in [0, 0.1) is 5.41 Å². The van der Waals surface area contributed by atoms with Crippen LogP contribution in [0.25, 0.3) is 0 Å². The standard InChI is InChI=1S/C18H28N2O3/c1-13(19-16-8-5-9-18(16,2)12-21)10-17(22)20-14-6-4-7-15(11-14)23-3/h4,6-7,11,13,16,19,21H,5,8-10,12H2,1-3H3,(H,20,22). The molecule has 0 spiro atoms. The first-order valence-corrected chi connectivity index (χ1v) is 8.27. The zero-order valence-corrected chi connectivity index (χ0v) is 14.3. The molecule has 1 aliphatic carbocycles. The van der Waals surface area contributed by atoms with Crippen molar-refractivity contribution in [2.75, 3.05) is 19.0 Å². The Bertz CT molecular complexity index is 535. The lowest BCUT2D eigenvalue weighted by atomic mass is 9.85. The van der Waals surface area contributed by atoms with Gasteiger partial charge in [-0.25, -0.2) is 0 Å². The fourth-order valence-electron chi connectivity index (χ4n) is 3.30. The SMILES string of the molecule is COc1cccc(NC(=O)CC(C)NC2CCCC2(C)CO)c1. The zero-order valence-electron chi connectivity index (χ0n) is 14.3. The van der Waals surface area contributed by atoms with Gasteiger partial charge in [0.25, 0.3) is 0 Å². The van der Waals surface area contributed by atoms with Crippen LogP contribution in [0.4, 0.5) is 5.69 Å². The Labute approximate surface area is 138 Å². The molecular formula is C18H28N2O3. The van der Waals surface area contributed by atoms with Gasteiger partial charge in [0.15, 0.2) is 0 Å². The molecule has 0 heterocycles. The molecule has 1 aliphatic rings. The van der Waals surface area contributed by atoms with Crippen molar-refractivity contribution >= 4 is 11.6 Å². The van der Waals surface area contributed by atoms with Crippen molar-refractivity contribution in [1.82, 2.24) is 5.32 Å². The predicted octanol–water partition coefficient (Wildman–Crippen LogP) is 2.55. The number of methoxy groups -OCH3 is 1. The van der Waals surface area contributed by atoms with Gasteiger partial charge in [-0.1, -0.05) is 19.4 Å². The summed E-state index contributed by atoms with van der Waals surface area (Å²) < 4.78 is 5.15. The summed E-state index contributed by atoms with van der Waals surface area (Å²) in [5.74, 6) is 0.695. The second-order valence-corrected chi connectivity index (χ2v) is 6.81. The Morgan fingerprint density at radius 3 is 3.00 bits per heavy atom. The Kier molecular flexibility index (Phi) is 6.02. The second-order valence-electron chi connectivity index (χ2n) is 6.81. The number of ether oxygens (including phenoxy) is 1. The van der Waals surface area contributed by atoms with E-state index in [0.29, 0.717) is 6.42 Å². The van der Waals surface area contributed by atoms with Crippen LogP contribution >= 0.6 is 0 Å². The van der Waals surface area contributed by atoms with Crippen molar-refractivity contribution in [3.8, 4) is 5.75 Å². The third kappa shape index (κ3) is 4.69. The molecule has 1 aromatic rings. The highest BCUT2D eigenvalue weighted by Gasteiger charge is 2.38. The zero-order chi connectivity index (χ0) is 16.9. The van der Waals surface area contributed by atoms with Crippen LogP contribution in [0.2, 0.25) is 0 Å². The van der Waals surface area contributed by atoms with Crippen LogP contribution in [-0.4, -0.2) is 36.8 Å². The minimum Gasteiger partial charge on any atom is -0.497 e. The minimum atomic E-state index is -0.0719. The molecular weight excluding hydrogens is 292 g/mol. The molecule has 128 valence electrons. The summed E-state index contributed by atoms with van der Waals surface area (Å²) in [5.41, 5.74) is 0.667. The average molecular weight is 320 g/mol. The minimum absolute atomic E-state index is 0.0260. The van der Waals surface area contributed by atoms with E-state index >= 15 is 0 Å². The highest BCUT2D eigenvalue weighted by molar-refractivity contribution is 5.91. The quantitative estimate of drug-likeness (QED) is 0.722. The monoisotopic (exact) mass is 320 g/mol. The molecule has 5 heteroatoms. The molecule has 1 amide bonds. The first-order chi connectivity index (χ1) is 11.0. The van der Waals surface area contributed by atoms with Gasteiger partial charge in [0, 0.05) is 42.3 Å². The summed E-state index contributed by atoms with van der Waals surface area (Å²) in [6.45, 7) is 4.31. The van der Waals surface area contributed by atoms with Crippen LogP contribution in [0.5, 0.6) is 5.75 Å². The number of nitrogens with one attached hydrogen (secondary N) is 2. The molecule has 23 heavy (non-hydrogen) atoms. The van der Waals surface area contributed by atoms with Gasteiger partial charge >= 0.3 is 0 Å². The van der Waals surface area contributed by atoms with E-state index < -0.39 is 0 Å². The van der Waals surface area contributed by atoms with Gasteiger partial charge in [0.2, 0.25) is 5.91 Å². The first-order valence-electron chi connectivity index (χ1n) is 8.27. The summed E-state index contributed by atoms with van der Waals surface area (Å²) in [7, 11) is 1.60. The van der Waals surface area contributed by atoms with Crippen LogP contribution in [0.1, 0.15) is 39.5 Å². The van der Waals surface area contributed by atoms with Crippen LogP contribution in [0.15, 0.2) is 24.3 Å². The summed E-state index contributed by atoms with van der Waals surface area (Å²) in [5, 5.41) is 16.0. The number of carbonyl (C=O) groups excluding carboxylic acids is 1. The molecule has 3 atom stereocenters. The number of hydrogen-bond donors (Lipinski definition) is 3. The fourth-order valence-corrected chi connectivity index (χ4v) is 3.30. The number of aliphatic hydroxyl groups is 1. The highest BCUT2D eigenvalue weighted by atomic mass is 16.5. The molecule has 3 unspecified atom stereocenters. The van der Waals surface area contributed by atoms with Gasteiger partial charge in [-0.3, -0.25) is 4.79 Å². The van der Waals surface area contributed by atoms with E-state index in [0.717, 1.165) is 30.7 Å². The number of benzene rings is 1. The second kappa shape index (κ2) is 7.79. The van der Waals surface area contributed by atoms with Crippen LogP contribution in [-0.2, 0) is 4.79 Å². The number of hydrogen-bond acceptors (Lipinski definition) is 4. The molecule has 2 rings (SSSR count). The molecule has 0 bridgehead atoms. The normalized spacial score (nSPS) is 25.1. The third-order valence-corrected chi connectivity index (χ3v) is 4.77. The van der Waals surface area contributed by atoms with Crippen molar-refractivity contribution < 1.29 is 14.6 Å². The highest BCUT2D eigenvalue weighted by Crippen LogP contribution is 2.37. The van der Waals surface area contributed by atoms with E-state index in [4.69, 9.17) is 4.74 Å². The van der Waals surface area contributed by atoms with Gasteiger partial charge in [-0.2, -0.15) is 0 Å². The maximum atomic E-state index is 12.2. The Morgan fingerprint density at radius 1 is 1.52 bits per heavy atom. The summed E-state index contributed by atoms with van der Waals surface area (Å²) in [6.07, 6.45) is 3.61. The van der Waals surface area contributed by atoms with Gasteiger partial charge in [0.1, 0.15) is 5.75 Å². The number of rotatable bonds is 7. The number of aliphatic hydroxyl groups excluding tert-OH is 1. The summed E-state index contributed by atoms with van der Waals surface area (Å²) in [4.78, 5) is 12.2. The van der Waals surface area contributed by atoms with Gasteiger partial charge < -0.3 is 20.5 Å². The summed E-state index contributed by atoms with van der Waals surface area (Å²) in [6, 6.07) is 7.67. The van der Waals surface area contributed by atoms with Gasteiger partial charge in [-0.05, 0) is 31.9 Å². The Balaban J connectivity index is 1.85. The third-order valence-electron chi connectivity index (χ3n) is 4.77. The van der Waals surface area contributed by atoms with E-state index in [1.807, 2.05) is 25.1 Å². The molecule has 3 N–H and O–H groups in total. The van der Waals surface area contributed by atoms with E-state index in [1.54, 1.807) is 13.2 Å². The average Bonchev–Trinajstić information content (AvgIpc) is 2.88. The topological polar surface area (TPSA) is 70.6 Å². The molecule has 0 aliphatic heterocycles.